The van der Waals surface area contributed by atoms with Crippen LogP contribution >= 0.6 is 15.9 Å². The highest BCUT2D eigenvalue weighted by molar-refractivity contribution is 9.10. The van der Waals surface area contributed by atoms with Gasteiger partial charge in [-0.05, 0) is 42.4 Å². The number of rotatable bonds is 1. The molecule has 4 heteroatoms. The highest BCUT2D eigenvalue weighted by atomic mass is 79.9. The molecule has 1 aromatic rings. The molecule has 1 aromatic heterocycles. The number of halogens is 1. The molecule has 13 heavy (non-hydrogen) atoms. The van der Waals surface area contributed by atoms with Gasteiger partial charge in [0.15, 0.2) is 0 Å². The third-order valence-electron chi connectivity index (χ3n) is 2.54. The van der Waals surface area contributed by atoms with Crippen LogP contribution in [0, 0.1) is 0 Å². The molecular formula is C9H14BrN3. The second-order valence-corrected chi connectivity index (χ2v) is 4.61. The van der Waals surface area contributed by atoms with Gasteiger partial charge in [-0.3, -0.25) is 4.68 Å². The van der Waals surface area contributed by atoms with Gasteiger partial charge in [0, 0.05) is 12.7 Å². The number of nitrogens with zero attached hydrogens (tertiary/aromatic N) is 3. The van der Waals surface area contributed by atoms with Crippen LogP contribution in [0.1, 0.15) is 18.9 Å². The Labute approximate surface area is 86.8 Å². The van der Waals surface area contributed by atoms with Crippen molar-refractivity contribution in [3.05, 3.63) is 16.9 Å². The SMILES string of the molecule is CN1CCC[C@@H](n2cc(Br)cn2)C1. The van der Waals surface area contributed by atoms with Crippen LogP contribution in [0.3, 0.4) is 0 Å². The molecule has 0 aliphatic carbocycles. The lowest BCUT2D eigenvalue weighted by Gasteiger charge is -2.29. The van der Waals surface area contributed by atoms with Crippen molar-refractivity contribution in [2.24, 2.45) is 0 Å². The minimum atomic E-state index is 0.560. The minimum absolute atomic E-state index is 0.560. The van der Waals surface area contributed by atoms with Gasteiger partial charge in [0.05, 0.1) is 16.7 Å². The smallest absolute Gasteiger partial charge is 0.0646 e. The molecule has 0 unspecified atom stereocenters. The van der Waals surface area contributed by atoms with Gasteiger partial charge in [0.1, 0.15) is 0 Å². The van der Waals surface area contributed by atoms with Crippen LogP contribution in [-0.2, 0) is 0 Å². The van der Waals surface area contributed by atoms with E-state index >= 15 is 0 Å². The minimum Gasteiger partial charge on any atom is -0.304 e. The molecule has 1 atom stereocenters. The van der Waals surface area contributed by atoms with Gasteiger partial charge >= 0.3 is 0 Å². The second kappa shape index (κ2) is 3.80. The number of likely N-dealkylation sites (tertiary alicyclic amines) is 1. The van der Waals surface area contributed by atoms with E-state index in [9.17, 15) is 0 Å². The number of aromatic nitrogens is 2. The Bertz CT molecular complexity index is 284. The summed E-state index contributed by atoms with van der Waals surface area (Å²) in [5, 5.41) is 4.32. The van der Waals surface area contributed by atoms with Crippen LogP contribution in [0.5, 0.6) is 0 Å². The van der Waals surface area contributed by atoms with Gasteiger partial charge in [-0.1, -0.05) is 0 Å². The Balaban J connectivity index is 2.08. The second-order valence-electron chi connectivity index (χ2n) is 3.70. The summed E-state index contributed by atoms with van der Waals surface area (Å²) < 4.78 is 3.14. The topological polar surface area (TPSA) is 21.1 Å². The Kier molecular flexibility index (Phi) is 2.69. The largest absolute Gasteiger partial charge is 0.304 e. The van der Waals surface area contributed by atoms with Crippen LogP contribution < -0.4 is 0 Å². The molecule has 2 rings (SSSR count). The van der Waals surface area contributed by atoms with Crippen LogP contribution in [0.2, 0.25) is 0 Å². The van der Waals surface area contributed by atoms with E-state index in [4.69, 9.17) is 0 Å². The summed E-state index contributed by atoms with van der Waals surface area (Å²) in [4.78, 5) is 2.36. The zero-order valence-corrected chi connectivity index (χ0v) is 9.37. The monoisotopic (exact) mass is 243 g/mol. The van der Waals surface area contributed by atoms with E-state index < -0.39 is 0 Å². The van der Waals surface area contributed by atoms with Crippen molar-refractivity contribution in [3.8, 4) is 0 Å². The Morgan fingerprint density at radius 1 is 1.62 bits per heavy atom. The molecule has 0 amide bonds. The van der Waals surface area contributed by atoms with E-state index in [1.54, 1.807) is 0 Å². The third kappa shape index (κ3) is 2.11. The van der Waals surface area contributed by atoms with Crippen molar-refractivity contribution in [2.75, 3.05) is 20.1 Å². The number of hydrogen-bond donors (Lipinski definition) is 0. The number of likely N-dealkylation sites (N-methyl/N-ethyl adjacent to an activating group) is 1. The molecule has 1 saturated heterocycles. The van der Waals surface area contributed by atoms with Crippen molar-refractivity contribution in [3.63, 3.8) is 0 Å². The van der Waals surface area contributed by atoms with Crippen LogP contribution in [0.4, 0.5) is 0 Å². The molecule has 72 valence electrons. The molecule has 0 aromatic carbocycles. The third-order valence-corrected chi connectivity index (χ3v) is 2.95. The van der Waals surface area contributed by atoms with Crippen LogP contribution in [0.15, 0.2) is 16.9 Å². The van der Waals surface area contributed by atoms with E-state index in [0.717, 1.165) is 11.0 Å². The predicted octanol–water partition coefficient (Wildman–Crippen LogP) is 1.91. The first-order valence-electron chi connectivity index (χ1n) is 4.64. The van der Waals surface area contributed by atoms with Crippen LogP contribution in [-0.4, -0.2) is 34.8 Å². The van der Waals surface area contributed by atoms with Gasteiger partial charge < -0.3 is 4.90 Å². The molecular weight excluding hydrogens is 230 g/mol. The van der Waals surface area contributed by atoms with Gasteiger partial charge in [0.25, 0.3) is 0 Å². The Morgan fingerprint density at radius 3 is 3.08 bits per heavy atom. The molecule has 2 heterocycles. The summed E-state index contributed by atoms with van der Waals surface area (Å²) in [5.41, 5.74) is 0. The molecule has 1 fully saturated rings. The molecule has 1 aliphatic heterocycles. The molecule has 0 saturated carbocycles. The van der Waals surface area contributed by atoms with E-state index in [1.165, 1.54) is 19.4 Å². The van der Waals surface area contributed by atoms with E-state index in [-0.39, 0.29) is 0 Å². The molecule has 0 spiro atoms. The van der Waals surface area contributed by atoms with Crippen LogP contribution in [0.25, 0.3) is 0 Å². The highest BCUT2D eigenvalue weighted by Crippen LogP contribution is 2.21. The average molecular weight is 244 g/mol. The first kappa shape index (κ1) is 9.21. The average Bonchev–Trinajstić information content (AvgIpc) is 2.52. The summed E-state index contributed by atoms with van der Waals surface area (Å²) >= 11 is 3.42. The summed E-state index contributed by atoms with van der Waals surface area (Å²) in [6, 6.07) is 0.560. The Hall–Kier alpha value is -0.350. The van der Waals surface area contributed by atoms with Crippen molar-refractivity contribution in [1.82, 2.24) is 14.7 Å². The molecule has 1 aliphatic rings. The highest BCUT2D eigenvalue weighted by Gasteiger charge is 2.18. The lowest BCUT2D eigenvalue weighted by molar-refractivity contribution is 0.202. The zero-order valence-electron chi connectivity index (χ0n) is 7.78. The van der Waals surface area contributed by atoms with Crippen molar-refractivity contribution >= 4 is 15.9 Å². The maximum absolute atomic E-state index is 4.32. The van der Waals surface area contributed by atoms with Crippen molar-refractivity contribution < 1.29 is 0 Å². The predicted molar refractivity (Wildman–Crippen MR) is 55.7 cm³/mol. The van der Waals surface area contributed by atoms with E-state index in [2.05, 4.69) is 43.9 Å². The van der Waals surface area contributed by atoms with Gasteiger partial charge in [-0.25, -0.2) is 0 Å². The fourth-order valence-corrected chi connectivity index (χ4v) is 2.17. The normalized spacial score (nSPS) is 24.9. The quantitative estimate of drug-likeness (QED) is 0.752. The number of piperidine rings is 1. The standard InChI is InChI=1S/C9H14BrN3/c1-12-4-2-3-9(7-12)13-6-8(10)5-11-13/h5-6,9H,2-4,7H2,1H3/t9-/m1/s1. The van der Waals surface area contributed by atoms with E-state index in [0.29, 0.717) is 6.04 Å². The maximum Gasteiger partial charge on any atom is 0.0646 e. The van der Waals surface area contributed by atoms with Gasteiger partial charge in [-0.2, -0.15) is 5.10 Å². The molecule has 0 N–H and O–H groups in total. The van der Waals surface area contributed by atoms with Gasteiger partial charge in [0.2, 0.25) is 0 Å². The fraction of sp³-hybridized carbons (Fsp3) is 0.667. The van der Waals surface area contributed by atoms with Crippen molar-refractivity contribution in [1.29, 1.82) is 0 Å². The molecule has 0 bridgehead atoms. The molecule has 0 radical (unpaired) electrons. The Morgan fingerprint density at radius 2 is 2.46 bits per heavy atom. The van der Waals surface area contributed by atoms with E-state index in [1.807, 2.05) is 6.20 Å². The lowest BCUT2D eigenvalue weighted by Crippen LogP contribution is -2.33. The summed E-state index contributed by atoms with van der Waals surface area (Å²) in [6.07, 6.45) is 6.44. The van der Waals surface area contributed by atoms with Crippen molar-refractivity contribution in [2.45, 2.75) is 18.9 Å². The lowest BCUT2D eigenvalue weighted by atomic mass is 10.1. The summed E-state index contributed by atoms with van der Waals surface area (Å²) in [6.45, 7) is 2.34. The first-order valence-corrected chi connectivity index (χ1v) is 5.43. The summed E-state index contributed by atoms with van der Waals surface area (Å²) in [7, 11) is 2.17. The fourth-order valence-electron chi connectivity index (χ4n) is 1.87. The molecule has 3 nitrogen and oxygen atoms in total. The number of hydrogen-bond acceptors (Lipinski definition) is 2. The maximum atomic E-state index is 4.32. The zero-order chi connectivity index (χ0) is 9.26. The first-order chi connectivity index (χ1) is 6.25. The summed E-state index contributed by atoms with van der Waals surface area (Å²) in [5.74, 6) is 0. The van der Waals surface area contributed by atoms with Gasteiger partial charge in [-0.15, -0.1) is 0 Å².